The van der Waals surface area contributed by atoms with Crippen molar-refractivity contribution in [1.82, 2.24) is 9.62 Å². The lowest BCUT2D eigenvalue weighted by Gasteiger charge is -2.23. The first-order valence-electron chi connectivity index (χ1n) is 11.2. The highest BCUT2D eigenvalue weighted by Gasteiger charge is 2.41. The van der Waals surface area contributed by atoms with Crippen molar-refractivity contribution in [2.75, 3.05) is 13.2 Å². The molecule has 35 heavy (non-hydrogen) atoms. The molecule has 9 heteroatoms. The summed E-state index contributed by atoms with van der Waals surface area (Å²) in [4.78, 5) is 24.9. The van der Waals surface area contributed by atoms with E-state index >= 15 is 0 Å². The maximum atomic E-state index is 14.1. The zero-order valence-electron chi connectivity index (χ0n) is 18.8. The summed E-state index contributed by atoms with van der Waals surface area (Å²) in [5, 5.41) is 2.87. The maximum Gasteiger partial charge on any atom is 0.324 e. The molecule has 1 unspecified atom stereocenters. The van der Waals surface area contributed by atoms with Gasteiger partial charge in [-0.1, -0.05) is 72.8 Å². The van der Waals surface area contributed by atoms with E-state index in [4.69, 9.17) is 4.74 Å². The van der Waals surface area contributed by atoms with Crippen molar-refractivity contribution >= 4 is 21.9 Å². The van der Waals surface area contributed by atoms with Crippen molar-refractivity contribution in [1.29, 1.82) is 0 Å². The summed E-state index contributed by atoms with van der Waals surface area (Å²) < 4.78 is 46.2. The molecule has 0 aliphatic carbocycles. The number of carbonyl (C=O) groups is 2. The van der Waals surface area contributed by atoms with E-state index in [0.29, 0.717) is 6.42 Å². The molecule has 3 aromatic carbocycles. The van der Waals surface area contributed by atoms with Gasteiger partial charge in [-0.25, -0.2) is 12.8 Å². The molecule has 1 aliphatic rings. The summed E-state index contributed by atoms with van der Waals surface area (Å²) in [6.07, 6.45) is 0.647. The average Bonchev–Trinajstić information content (AvgIpc) is 3.38. The molecule has 0 spiro atoms. The summed E-state index contributed by atoms with van der Waals surface area (Å²) in [5.41, 5.74) is 1.72. The van der Waals surface area contributed by atoms with Gasteiger partial charge in [-0.15, -0.1) is 0 Å². The number of hydrogen-bond donors (Lipinski definition) is 1. The number of nitrogens with zero attached hydrogens (tertiary/aromatic N) is 1. The van der Waals surface area contributed by atoms with Gasteiger partial charge in [0.05, 0.1) is 6.04 Å². The van der Waals surface area contributed by atoms with Gasteiger partial charge in [-0.3, -0.25) is 9.59 Å². The summed E-state index contributed by atoms with van der Waals surface area (Å²) in [7, 11) is -4.24. The molecule has 4 rings (SSSR count). The summed E-state index contributed by atoms with van der Waals surface area (Å²) >= 11 is 0. The fraction of sp³-hybridized carbons (Fsp3) is 0.231. The summed E-state index contributed by atoms with van der Waals surface area (Å²) in [6.45, 7) is -0.508. The molecule has 1 fully saturated rings. The van der Waals surface area contributed by atoms with E-state index < -0.39 is 51.3 Å². The second-order valence-corrected chi connectivity index (χ2v) is 9.99. The van der Waals surface area contributed by atoms with Gasteiger partial charge < -0.3 is 10.1 Å². The van der Waals surface area contributed by atoms with Gasteiger partial charge in [0.25, 0.3) is 5.91 Å². The van der Waals surface area contributed by atoms with Gasteiger partial charge in [0.2, 0.25) is 10.0 Å². The standard InChI is InChI=1S/C26H25FN2O5S/c27-21-14-7-8-16-23(21)35(32,33)29-17-9-15-22(29)26(31)34-18-24(30)28-25(19-10-3-1-4-11-19)20-12-5-2-6-13-20/h1-8,10-14,16,22,25H,9,15,17-18H2,(H,28,30). The number of hydrogen-bond acceptors (Lipinski definition) is 5. The Labute approximate surface area is 203 Å². The lowest BCUT2D eigenvalue weighted by molar-refractivity contribution is -0.151. The van der Waals surface area contributed by atoms with Crippen LogP contribution in [0.1, 0.15) is 30.0 Å². The first-order valence-corrected chi connectivity index (χ1v) is 12.6. The number of halogens is 1. The number of benzene rings is 3. The van der Waals surface area contributed by atoms with Gasteiger partial charge in [0.1, 0.15) is 16.8 Å². The Morgan fingerprint density at radius 1 is 0.943 bits per heavy atom. The van der Waals surface area contributed by atoms with Gasteiger partial charge in [0, 0.05) is 6.54 Å². The molecule has 182 valence electrons. The fourth-order valence-electron chi connectivity index (χ4n) is 4.13. The normalized spacial score (nSPS) is 16.2. The molecule has 1 aliphatic heterocycles. The number of esters is 1. The highest BCUT2D eigenvalue weighted by atomic mass is 32.2. The number of ether oxygens (including phenoxy) is 1. The summed E-state index contributed by atoms with van der Waals surface area (Å²) in [6, 6.07) is 22.2. The molecule has 1 atom stereocenters. The minimum absolute atomic E-state index is 0.0622. The quantitative estimate of drug-likeness (QED) is 0.483. The van der Waals surface area contributed by atoms with Crippen molar-refractivity contribution in [2.24, 2.45) is 0 Å². The first-order chi connectivity index (χ1) is 16.9. The third-order valence-corrected chi connectivity index (χ3v) is 7.76. The van der Waals surface area contributed by atoms with Crippen LogP contribution in [0.5, 0.6) is 0 Å². The average molecular weight is 497 g/mol. The molecule has 1 N–H and O–H groups in total. The van der Waals surface area contributed by atoms with Crippen molar-refractivity contribution < 1.29 is 27.1 Å². The van der Waals surface area contributed by atoms with Crippen LogP contribution in [-0.2, 0) is 24.3 Å². The topological polar surface area (TPSA) is 92.8 Å². The van der Waals surface area contributed by atoms with Crippen LogP contribution in [0.25, 0.3) is 0 Å². The first kappa shape index (κ1) is 24.6. The summed E-state index contributed by atoms with van der Waals surface area (Å²) in [5.74, 6) is -2.26. The monoisotopic (exact) mass is 496 g/mol. The third-order valence-electron chi connectivity index (χ3n) is 5.82. The highest BCUT2D eigenvalue weighted by molar-refractivity contribution is 7.89. The molecule has 1 amide bonds. The molecule has 0 radical (unpaired) electrons. The Bertz CT molecular complexity index is 1250. The SMILES string of the molecule is O=C(COC(=O)C1CCCN1S(=O)(=O)c1ccccc1F)NC(c1ccccc1)c1ccccc1. The largest absolute Gasteiger partial charge is 0.454 e. The molecular formula is C26H25FN2O5S. The van der Waals surface area contributed by atoms with Crippen LogP contribution in [0, 0.1) is 5.82 Å². The van der Waals surface area contributed by atoms with Crippen LogP contribution in [0.3, 0.4) is 0 Å². The second kappa shape index (κ2) is 10.8. The minimum atomic E-state index is -4.24. The Hall–Kier alpha value is -3.56. The number of rotatable bonds is 8. The van der Waals surface area contributed by atoms with Crippen LogP contribution >= 0.6 is 0 Å². The Morgan fingerprint density at radius 3 is 2.11 bits per heavy atom. The molecule has 7 nitrogen and oxygen atoms in total. The number of sulfonamides is 1. The maximum absolute atomic E-state index is 14.1. The lowest BCUT2D eigenvalue weighted by atomic mass is 9.99. The molecular weight excluding hydrogens is 471 g/mol. The van der Waals surface area contributed by atoms with Crippen LogP contribution in [0.2, 0.25) is 0 Å². The smallest absolute Gasteiger partial charge is 0.324 e. The molecule has 0 bridgehead atoms. The van der Waals surface area contributed by atoms with Crippen molar-refractivity contribution in [3.8, 4) is 0 Å². The molecule has 3 aromatic rings. The second-order valence-electron chi connectivity index (χ2n) is 8.13. The lowest BCUT2D eigenvalue weighted by Crippen LogP contribution is -2.42. The molecule has 0 aromatic heterocycles. The fourth-order valence-corrected chi connectivity index (χ4v) is 5.84. The molecule has 1 saturated heterocycles. The highest BCUT2D eigenvalue weighted by Crippen LogP contribution is 2.28. The van der Waals surface area contributed by atoms with E-state index in [-0.39, 0.29) is 13.0 Å². The van der Waals surface area contributed by atoms with Crippen LogP contribution in [0.15, 0.2) is 89.8 Å². The Balaban J connectivity index is 1.43. The van der Waals surface area contributed by atoms with Crippen LogP contribution in [0.4, 0.5) is 4.39 Å². The zero-order chi connectivity index (χ0) is 24.8. The van der Waals surface area contributed by atoms with Gasteiger partial charge in [-0.05, 0) is 36.1 Å². The third kappa shape index (κ3) is 5.58. The number of amides is 1. The number of carbonyl (C=O) groups excluding carboxylic acids is 2. The zero-order valence-corrected chi connectivity index (χ0v) is 19.7. The van der Waals surface area contributed by atoms with E-state index in [2.05, 4.69) is 5.32 Å². The predicted molar refractivity (Wildman–Crippen MR) is 127 cm³/mol. The van der Waals surface area contributed by atoms with Crippen molar-refractivity contribution in [2.45, 2.75) is 29.8 Å². The van der Waals surface area contributed by atoms with Gasteiger partial charge in [0.15, 0.2) is 6.61 Å². The van der Waals surface area contributed by atoms with Crippen molar-refractivity contribution in [3.63, 3.8) is 0 Å². The minimum Gasteiger partial charge on any atom is -0.454 e. The van der Waals surface area contributed by atoms with E-state index in [9.17, 15) is 22.4 Å². The predicted octanol–water partition coefficient (Wildman–Crippen LogP) is 3.43. The van der Waals surface area contributed by atoms with Gasteiger partial charge >= 0.3 is 5.97 Å². The Morgan fingerprint density at radius 2 is 1.51 bits per heavy atom. The van der Waals surface area contributed by atoms with E-state index in [0.717, 1.165) is 27.6 Å². The number of nitrogens with one attached hydrogen (secondary N) is 1. The van der Waals surface area contributed by atoms with E-state index in [1.807, 2.05) is 60.7 Å². The van der Waals surface area contributed by atoms with Gasteiger partial charge in [-0.2, -0.15) is 4.31 Å². The van der Waals surface area contributed by atoms with Crippen LogP contribution < -0.4 is 5.32 Å². The molecule has 1 heterocycles. The van der Waals surface area contributed by atoms with Crippen LogP contribution in [-0.4, -0.2) is 43.8 Å². The van der Waals surface area contributed by atoms with Crippen molar-refractivity contribution in [3.05, 3.63) is 102 Å². The Kier molecular flexibility index (Phi) is 7.57. The van der Waals surface area contributed by atoms with E-state index in [1.165, 1.54) is 12.1 Å². The van der Waals surface area contributed by atoms with E-state index in [1.54, 1.807) is 0 Å². The molecule has 0 saturated carbocycles.